The molecule has 10 heteroatoms. The van der Waals surface area contributed by atoms with Gasteiger partial charge in [-0.25, -0.2) is 4.68 Å². The summed E-state index contributed by atoms with van der Waals surface area (Å²) in [4.78, 5) is 19.5. The molecule has 0 N–H and O–H groups in total. The van der Waals surface area contributed by atoms with Crippen LogP contribution in [0.3, 0.4) is 0 Å². The summed E-state index contributed by atoms with van der Waals surface area (Å²) < 4.78 is 17.8. The molecule has 4 aromatic rings. The van der Waals surface area contributed by atoms with Crippen molar-refractivity contribution in [1.82, 2.24) is 30.0 Å². The van der Waals surface area contributed by atoms with Crippen LogP contribution >= 0.6 is 0 Å². The molecule has 1 unspecified atom stereocenters. The van der Waals surface area contributed by atoms with Gasteiger partial charge in [-0.3, -0.25) is 4.79 Å². The lowest BCUT2D eigenvalue weighted by molar-refractivity contribution is 0.0671. The van der Waals surface area contributed by atoms with Crippen LogP contribution in [-0.2, 0) is 0 Å². The van der Waals surface area contributed by atoms with Gasteiger partial charge in [0.2, 0.25) is 5.82 Å². The zero-order valence-electron chi connectivity index (χ0n) is 18.9. The molecule has 0 spiro atoms. The van der Waals surface area contributed by atoms with Crippen LogP contribution in [0.1, 0.15) is 29.2 Å². The molecule has 1 amide bonds. The van der Waals surface area contributed by atoms with Crippen molar-refractivity contribution in [1.29, 1.82) is 0 Å². The van der Waals surface area contributed by atoms with E-state index in [0.717, 1.165) is 18.4 Å². The van der Waals surface area contributed by atoms with E-state index in [-0.39, 0.29) is 11.9 Å². The van der Waals surface area contributed by atoms with E-state index in [4.69, 9.17) is 14.0 Å². The van der Waals surface area contributed by atoms with Gasteiger partial charge in [-0.2, -0.15) is 4.98 Å². The van der Waals surface area contributed by atoms with E-state index in [0.29, 0.717) is 47.6 Å². The van der Waals surface area contributed by atoms with Gasteiger partial charge in [-0.15, -0.1) is 5.10 Å². The molecule has 1 atom stereocenters. The van der Waals surface area contributed by atoms with Crippen molar-refractivity contribution < 1.29 is 18.8 Å². The Labute approximate surface area is 196 Å². The Morgan fingerprint density at radius 1 is 1.09 bits per heavy atom. The van der Waals surface area contributed by atoms with E-state index in [2.05, 4.69) is 20.5 Å². The van der Waals surface area contributed by atoms with Gasteiger partial charge < -0.3 is 18.9 Å². The minimum atomic E-state index is -0.0772. The number of ether oxygens (including phenoxy) is 2. The van der Waals surface area contributed by atoms with E-state index >= 15 is 0 Å². The summed E-state index contributed by atoms with van der Waals surface area (Å²) in [6, 6.07) is 14.8. The summed E-state index contributed by atoms with van der Waals surface area (Å²) in [7, 11) is 3.13. The fraction of sp³-hybridized carbons (Fsp3) is 0.292. The molecular formula is C24H24N6O4. The van der Waals surface area contributed by atoms with Crippen LogP contribution in [-0.4, -0.2) is 63.3 Å². The molecule has 10 nitrogen and oxygen atoms in total. The van der Waals surface area contributed by atoms with Crippen LogP contribution in [0.15, 0.2) is 59.3 Å². The molecule has 2 aromatic carbocycles. The smallest absolute Gasteiger partial charge is 0.280 e. The van der Waals surface area contributed by atoms with E-state index in [1.165, 1.54) is 0 Å². The van der Waals surface area contributed by atoms with Gasteiger partial charge >= 0.3 is 0 Å². The molecule has 0 aliphatic carbocycles. The van der Waals surface area contributed by atoms with Crippen LogP contribution in [0, 0.1) is 0 Å². The summed E-state index contributed by atoms with van der Waals surface area (Å²) >= 11 is 0. The zero-order valence-corrected chi connectivity index (χ0v) is 18.9. The third-order valence-corrected chi connectivity index (χ3v) is 5.84. The molecular weight excluding hydrogens is 436 g/mol. The molecule has 0 saturated carbocycles. The van der Waals surface area contributed by atoms with Crippen molar-refractivity contribution in [2.24, 2.45) is 0 Å². The highest BCUT2D eigenvalue weighted by molar-refractivity contribution is 5.95. The number of nitrogens with zero attached hydrogens (tertiary/aromatic N) is 6. The molecule has 0 bridgehead atoms. The van der Waals surface area contributed by atoms with Crippen molar-refractivity contribution in [3.8, 4) is 34.5 Å². The monoisotopic (exact) mass is 460 g/mol. The Balaban J connectivity index is 1.32. The summed E-state index contributed by atoms with van der Waals surface area (Å²) in [5, 5.41) is 12.5. The standard InChI is InChI=1S/C24H24N6O4/c1-32-19-11-17(12-20(13-19)33-2)24(31)29-10-6-9-18(14-29)30-15-21(26-28-30)23-25-22(27-34-23)16-7-4-3-5-8-16/h3-5,7-8,11-13,15,18H,6,9-10,14H2,1-2H3. The number of benzene rings is 2. The molecule has 34 heavy (non-hydrogen) atoms. The highest BCUT2D eigenvalue weighted by Gasteiger charge is 2.27. The lowest BCUT2D eigenvalue weighted by Gasteiger charge is -2.32. The average Bonchev–Trinajstić information content (AvgIpc) is 3.59. The molecule has 1 fully saturated rings. The summed E-state index contributed by atoms with van der Waals surface area (Å²) in [5.74, 6) is 1.87. The predicted molar refractivity (Wildman–Crippen MR) is 122 cm³/mol. The van der Waals surface area contributed by atoms with Crippen molar-refractivity contribution in [3.05, 3.63) is 60.3 Å². The minimum Gasteiger partial charge on any atom is -0.497 e. The van der Waals surface area contributed by atoms with Gasteiger partial charge in [0.25, 0.3) is 11.8 Å². The zero-order chi connectivity index (χ0) is 23.5. The minimum absolute atomic E-state index is 0.0111. The molecule has 3 heterocycles. The fourth-order valence-electron chi connectivity index (χ4n) is 4.05. The van der Waals surface area contributed by atoms with E-state index in [1.54, 1.807) is 43.3 Å². The van der Waals surface area contributed by atoms with Crippen molar-refractivity contribution in [2.75, 3.05) is 27.3 Å². The fourth-order valence-corrected chi connectivity index (χ4v) is 4.05. The third kappa shape index (κ3) is 4.34. The predicted octanol–water partition coefficient (Wildman–Crippen LogP) is 3.49. The maximum atomic E-state index is 13.2. The first-order chi connectivity index (χ1) is 16.6. The van der Waals surface area contributed by atoms with Gasteiger partial charge in [0, 0.05) is 30.3 Å². The van der Waals surface area contributed by atoms with Gasteiger partial charge in [0.1, 0.15) is 11.5 Å². The van der Waals surface area contributed by atoms with Gasteiger partial charge in [0.05, 0.1) is 26.5 Å². The first-order valence-corrected chi connectivity index (χ1v) is 11.0. The second-order valence-corrected chi connectivity index (χ2v) is 8.02. The third-order valence-electron chi connectivity index (χ3n) is 5.84. The number of amides is 1. The number of piperidine rings is 1. The molecule has 174 valence electrons. The number of aromatic nitrogens is 5. The summed E-state index contributed by atoms with van der Waals surface area (Å²) in [6.45, 7) is 1.18. The molecule has 5 rings (SSSR count). The van der Waals surface area contributed by atoms with Crippen molar-refractivity contribution >= 4 is 5.91 Å². The molecule has 1 saturated heterocycles. The number of likely N-dealkylation sites (tertiary alicyclic amines) is 1. The van der Waals surface area contributed by atoms with Crippen LogP contribution in [0.25, 0.3) is 23.0 Å². The van der Waals surface area contributed by atoms with E-state index < -0.39 is 0 Å². The van der Waals surface area contributed by atoms with Gasteiger partial charge in [0.15, 0.2) is 5.69 Å². The lowest BCUT2D eigenvalue weighted by Crippen LogP contribution is -2.40. The number of rotatable bonds is 6. The number of carbonyl (C=O) groups excluding carboxylic acids is 1. The Morgan fingerprint density at radius 2 is 1.85 bits per heavy atom. The van der Waals surface area contributed by atoms with Crippen LogP contribution < -0.4 is 9.47 Å². The largest absolute Gasteiger partial charge is 0.497 e. The number of methoxy groups -OCH3 is 2. The Hall–Kier alpha value is -4.21. The van der Waals surface area contributed by atoms with Crippen LogP contribution in [0.2, 0.25) is 0 Å². The second kappa shape index (κ2) is 9.34. The molecule has 1 aliphatic rings. The van der Waals surface area contributed by atoms with E-state index in [1.807, 2.05) is 35.2 Å². The summed E-state index contributed by atoms with van der Waals surface area (Å²) in [6.07, 6.45) is 3.52. The molecule has 0 radical (unpaired) electrons. The number of carbonyl (C=O) groups is 1. The number of hydrogen-bond donors (Lipinski definition) is 0. The summed E-state index contributed by atoms with van der Waals surface area (Å²) in [5.41, 5.74) is 1.88. The highest BCUT2D eigenvalue weighted by atomic mass is 16.5. The maximum Gasteiger partial charge on any atom is 0.280 e. The second-order valence-electron chi connectivity index (χ2n) is 8.02. The van der Waals surface area contributed by atoms with Crippen molar-refractivity contribution in [2.45, 2.75) is 18.9 Å². The maximum absolute atomic E-state index is 13.2. The highest BCUT2D eigenvalue weighted by Crippen LogP contribution is 2.28. The lowest BCUT2D eigenvalue weighted by atomic mass is 10.0. The first-order valence-electron chi connectivity index (χ1n) is 11.0. The Bertz CT molecular complexity index is 1260. The van der Waals surface area contributed by atoms with Crippen LogP contribution in [0.5, 0.6) is 11.5 Å². The normalized spacial score (nSPS) is 15.8. The van der Waals surface area contributed by atoms with Crippen molar-refractivity contribution in [3.63, 3.8) is 0 Å². The average molecular weight is 460 g/mol. The van der Waals surface area contributed by atoms with Crippen LogP contribution in [0.4, 0.5) is 0 Å². The van der Waals surface area contributed by atoms with Gasteiger partial charge in [-0.05, 0) is 25.0 Å². The number of hydrogen-bond acceptors (Lipinski definition) is 8. The quantitative estimate of drug-likeness (QED) is 0.430. The Morgan fingerprint density at radius 3 is 2.59 bits per heavy atom. The first kappa shape index (κ1) is 21.6. The van der Waals surface area contributed by atoms with Gasteiger partial charge in [-0.1, -0.05) is 40.7 Å². The molecule has 1 aliphatic heterocycles. The van der Waals surface area contributed by atoms with E-state index in [9.17, 15) is 4.79 Å². The SMILES string of the molecule is COc1cc(OC)cc(C(=O)N2CCCC(n3cc(-c4nc(-c5ccccc5)no4)nn3)C2)c1. The Kier molecular flexibility index (Phi) is 5.94. The topological polar surface area (TPSA) is 108 Å². The molecule has 2 aromatic heterocycles.